The summed E-state index contributed by atoms with van der Waals surface area (Å²) in [5, 5.41) is 2.82. The van der Waals surface area contributed by atoms with E-state index in [2.05, 4.69) is 5.32 Å². The Kier molecular flexibility index (Phi) is 5.33. The van der Waals surface area contributed by atoms with Crippen LogP contribution in [0.1, 0.15) is 37.0 Å². The van der Waals surface area contributed by atoms with Crippen LogP contribution < -0.4 is 5.32 Å². The lowest BCUT2D eigenvalue weighted by molar-refractivity contribution is -0.124. The fraction of sp³-hybridized carbons (Fsp3) is 0.500. The Morgan fingerprint density at radius 2 is 1.90 bits per heavy atom. The van der Waals surface area contributed by atoms with E-state index < -0.39 is 0 Å². The van der Waals surface area contributed by atoms with Crippen LogP contribution in [0.25, 0.3) is 0 Å². The Hall–Kier alpha value is -1.88. The van der Waals surface area contributed by atoms with Gasteiger partial charge in [0.15, 0.2) is 0 Å². The fourth-order valence-electron chi connectivity index (χ4n) is 2.40. The van der Waals surface area contributed by atoms with Crippen molar-refractivity contribution in [1.82, 2.24) is 4.90 Å². The summed E-state index contributed by atoms with van der Waals surface area (Å²) in [6.07, 6.45) is 1.35. The molecule has 1 aliphatic heterocycles. The van der Waals surface area contributed by atoms with E-state index in [0.717, 1.165) is 12.8 Å². The predicted octanol–water partition coefficient (Wildman–Crippen LogP) is 2.29. The van der Waals surface area contributed by atoms with Gasteiger partial charge in [-0.25, -0.2) is 0 Å². The van der Waals surface area contributed by atoms with Gasteiger partial charge in [0.2, 0.25) is 0 Å². The number of carbonyl (C=O) groups excluding carboxylic acids is 2. The lowest BCUT2D eigenvalue weighted by Crippen LogP contribution is -2.30. The minimum atomic E-state index is -0.345. The molecular formula is C16H22N2O3. The second-order valence-electron chi connectivity index (χ2n) is 5.05. The van der Waals surface area contributed by atoms with Crippen LogP contribution in [0.15, 0.2) is 24.3 Å². The summed E-state index contributed by atoms with van der Waals surface area (Å²) >= 11 is 0. The Bertz CT molecular complexity index is 489. The van der Waals surface area contributed by atoms with Gasteiger partial charge < -0.3 is 15.0 Å². The molecule has 0 unspecified atom stereocenters. The highest BCUT2D eigenvalue weighted by atomic mass is 16.5. The molecule has 1 fully saturated rings. The van der Waals surface area contributed by atoms with Crippen molar-refractivity contribution >= 4 is 17.5 Å². The van der Waals surface area contributed by atoms with Gasteiger partial charge in [-0.3, -0.25) is 9.59 Å². The maximum absolute atomic E-state index is 12.2. The van der Waals surface area contributed by atoms with E-state index in [1.165, 1.54) is 0 Å². The maximum Gasteiger partial charge on any atom is 0.253 e. The predicted molar refractivity (Wildman–Crippen MR) is 81.3 cm³/mol. The highest BCUT2D eigenvalue weighted by Crippen LogP contribution is 2.16. The summed E-state index contributed by atoms with van der Waals surface area (Å²) in [5.41, 5.74) is 1.32. The van der Waals surface area contributed by atoms with Gasteiger partial charge in [0.05, 0.1) is 0 Å². The number of anilines is 1. The van der Waals surface area contributed by atoms with Crippen LogP contribution in [-0.2, 0) is 9.53 Å². The van der Waals surface area contributed by atoms with Gasteiger partial charge in [-0.15, -0.1) is 0 Å². The van der Waals surface area contributed by atoms with Crippen molar-refractivity contribution in [1.29, 1.82) is 0 Å². The molecule has 5 heteroatoms. The summed E-state index contributed by atoms with van der Waals surface area (Å²) in [6, 6.07) is 6.99. The first kappa shape index (κ1) is 15.5. The molecule has 0 radical (unpaired) electrons. The van der Waals surface area contributed by atoms with Crippen molar-refractivity contribution in [2.75, 3.05) is 25.0 Å². The molecule has 1 heterocycles. The quantitative estimate of drug-likeness (QED) is 0.905. The number of carbonyl (C=O) groups is 2. The van der Waals surface area contributed by atoms with E-state index in [4.69, 9.17) is 4.74 Å². The zero-order valence-corrected chi connectivity index (χ0v) is 12.6. The third-order valence-electron chi connectivity index (χ3n) is 3.67. The average Bonchev–Trinajstić information content (AvgIpc) is 3.03. The number of amides is 2. The van der Waals surface area contributed by atoms with Crippen LogP contribution in [-0.4, -0.2) is 42.5 Å². The number of ether oxygens (including phenoxy) is 1. The maximum atomic E-state index is 12.2. The van der Waals surface area contributed by atoms with Crippen molar-refractivity contribution in [2.24, 2.45) is 0 Å². The summed E-state index contributed by atoms with van der Waals surface area (Å²) in [7, 11) is 0. The molecule has 0 bridgehead atoms. The van der Waals surface area contributed by atoms with Gasteiger partial charge in [0, 0.05) is 30.9 Å². The van der Waals surface area contributed by atoms with Crippen molar-refractivity contribution < 1.29 is 14.3 Å². The third kappa shape index (κ3) is 3.82. The number of hydrogen-bond donors (Lipinski definition) is 1. The van der Waals surface area contributed by atoms with E-state index in [1.807, 2.05) is 13.8 Å². The lowest BCUT2D eigenvalue weighted by Gasteiger charge is -2.18. The van der Waals surface area contributed by atoms with Crippen molar-refractivity contribution in [3.8, 4) is 0 Å². The SMILES string of the molecule is CCN(CC)C(=O)c1ccc(NC(=O)[C@@H]2CCCO2)cc1. The monoisotopic (exact) mass is 290 g/mol. The van der Waals surface area contributed by atoms with Crippen LogP contribution in [0.3, 0.4) is 0 Å². The minimum absolute atomic E-state index is 0.0111. The van der Waals surface area contributed by atoms with E-state index in [9.17, 15) is 9.59 Å². The lowest BCUT2D eigenvalue weighted by atomic mass is 10.1. The van der Waals surface area contributed by atoms with Gasteiger partial charge >= 0.3 is 0 Å². The minimum Gasteiger partial charge on any atom is -0.368 e. The number of nitrogens with one attached hydrogen (secondary N) is 1. The second kappa shape index (κ2) is 7.22. The Morgan fingerprint density at radius 1 is 1.24 bits per heavy atom. The summed E-state index contributed by atoms with van der Waals surface area (Å²) in [5.74, 6) is -0.104. The molecule has 0 aromatic heterocycles. The fourth-order valence-corrected chi connectivity index (χ4v) is 2.40. The van der Waals surface area contributed by atoms with E-state index in [-0.39, 0.29) is 17.9 Å². The summed E-state index contributed by atoms with van der Waals surface area (Å²) in [6.45, 7) is 5.93. The molecule has 1 aromatic carbocycles. The second-order valence-corrected chi connectivity index (χ2v) is 5.05. The summed E-state index contributed by atoms with van der Waals surface area (Å²) in [4.78, 5) is 25.9. The van der Waals surface area contributed by atoms with E-state index >= 15 is 0 Å². The van der Waals surface area contributed by atoms with Crippen LogP contribution >= 0.6 is 0 Å². The van der Waals surface area contributed by atoms with Gasteiger partial charge in [0.25, 0.3) is 11.8 Å². The normalized spacial score (nSPS) is 17.5. The van der Waals surface area contributed by atoms with Crippen LogP contribution in [0.4, 0.5) is 5.69 Å². The molecule has 0 saturated carbocycles. The first-order valence-corrected chi connectivity index (χ1v) is 7.47. The molecule has 0 aliphatic carbocycles. The Morgan fingerprint density at radius 3 is 2.43 bits per heavy atom. The zero-order valence-electron chi connectivity index (χ0n) is 12.6. The van der Waals surface area contributed by atoms with Gasteiger partial charge in [-0.1, -0.05) is 0 Å². The molecule has 1 N–H and O–H groups in total. The number of rotatable bonds is 5. The zero-order chi connectivity index (χ0) is 15.2. The van der Waals surface area contributed by atoms with E-state index in [0.29, 0.717) is 30.9 Å². The number of nitrogens with zero attached hydrogens (tertiary/aromatic N) is 1. The third-order valence-corrected chi connectivity index (χ3v) is 3.67. The van der Waals surface area contributed by atoms with Crippen LogP contribution in [0.5, 0.6) is 0 Å². The van der Waals surface area contributed by atoms with Gasteiger partial charge in [-0.2, -0.15) is 0 Å². The van der Waals surface area contributed by atoms with E-state index in [1.54, 1.807) is 29.2 Å². The molecule has 1 saturated heterocycles. The van der Waals surface area contributed by atoms with Crippen molar-refractivity contribution in [2.45, 2.75) is 32.8 Å². The van der Waals surface area contributed by atoms with Crippen molar-refractivity contribution in [3.05, 3.63) is 29.8 Å². The standard InChI is InChI=1S/C16H22N2O3/c1-3-18(4-2)16(20)12-7-9-13(10-8-12)17-15(19)14-6-5-11-21-14/h7-10,14H,3-6,11H2,1-2H3,(H,17,19)/t14-/m0/s1. The van der Waals surface area contributed by atoms with Gasteiger partial charge in [-0.05, 0) is 51.0 Å². The van der Waals surface area contributed by atoms with Crippen LogP contribution in [0, 0.1) is 0 Å². The average molecular weight is 290 g/mol. The molecule has 1 aromatic rings. The highest BCUT2D eigenvalue weighted by molar-refractivity contribution is 5.96. The Balaban J connectivity index is 1.98. The molecule has 0 spiro atoms. The molecule has 2 amide bonds. The molecule has 2 rings (SSSR count). The highest BCUT2D eigenvalue weighted by Gasteiger charge is 2.23. The molecule has 21 heavy (non-hydrogen) atoms. The number of benzene rings is 1. The molecule has 114 valence electrons. The van der Waals surface area contributed by atoms with Crippen LogP contribution in [0.2, 0.25) is 0 Å². The smallest absolute Gasteiger partial charge is 0.253 e. The topological polar surface area (TPSA) is 58.6 Å². The number of hydrogen-bond acceptors (Lipinski definition) is 3. The molecule has 1 atom stereocenters. The van der Waals surface area contributed by atoms with Crippen molar-refractivity contribution in [3.63, 3.8) is 0 Å². The molecular weight excluding hydrogens is 268 g/mol. The first-order valence-electron chi connectivity index (χ1n) is 7.47. The summed E-state index contributed by atoms with van der Waals surface area (Å²) < 4.78 is 5.34. The molecule has 1 aliphatic rings. The Labute approximate surface area is 125 Å². The molecule has 5 nitrogen and oxygen atoms in total. The first-order chi connectivity index (χ1) is 10.2. The largest absolute Gasteiger partial charge is 0.368 e. The van der Waals surface area contributed by atoms with Gasteiger partial charge in [0.1, 0.15) is 6.10 Å².